The fraction of sp³-hybridized carbons (Fsp3) is 0.200. The zero-order valence-electron chi connectivity index (χ0n) is 13.0. The summed E-state index contributed by atoms with van der Waals surface area (Å²) in [5.74, 6) is -0.965. The maximum atomic E-state index is 13.4. The second kappa shape index (κ2) is 6.04. The molecule has 0 saturated heterocycles. The first kappa shape index (κ1) is 16.7. The number of nitrogens with two attached hydrogens (primary N) is 1. The summed E-state index contributed by atoms with van der Waals surface area (Å²) < 4.78 is 42.5. The Balaban J connectivity index is 2.08. The number of nitrogens with zero attached hydrogens (tertiary/aromatic N) is 5. The van der Waals surface area contributed by atoms with Crippen LogP contribution < -0.4 is 5.73 Å². The van der Waals surface area contributed by atoms with Crippen molar-refractivity contribution >= 4 is 5.91 Å². The molecule has 0 aliphatic rings. The average molecular weight is 350 g/mol. The van der Waals surface area contributed by atoms with Crippen molar-refractivity contribution in [1.82, 2.24) is 24.3 Å². The summed E-state index contributed by atoms with van der Waals surface area (Å²) in [6.45, 7) is 0.122. The number of aromatic nitrogens is 5. The molecular formula is C15H13F3N6O. The lowest BCUT2D eigenvalue weighted by Gasteiger charge is -2.07. The van der Waals surface area contributed by atoms with Gasteiger partial charge in [0.2, 0.25) is 0 Å². The summed E-state index contributed by atoms with van der Waals surface area (Å²) in [7, 11) is 1.42. The van der Waals surface area contributed by atoms with E-state index in [1.54, 1.807) is 24.5 Å². The first-order valence-corrected chi connectivity index (χ1v) is 7.13. The molecule has 0 aromatic carbocycles. The highest BCUT2D eigenvalue weighted by Crippen LogP contribution is 2.36. The van der Waals surface area contributed by atoms with Crippen molar-refractivity contribution < 1.29 is 18.0 Å². The van der Waals surface area contributed by atoms with Crippen LogP contribution in [0.15, 0.2) is 36.9 Å². The van der Waals surface area contributed by atoms with E-state index in [0.29, 0.717) is 5.56 Å². The summed E-state index contributed by atoms with van der Waals surface area (Å²) in [5.41, 5.74) is 4.72. The molecule has 3 rings (SSSR count). The van der Waals surface area contributed by atoms with Crippen LogP contribution in [0.2, 0.25) is 0 Å². The highest BCUT2D eigenvalue weighted by molar-refractivity contribution is 5.90. The lowest BCUT2D eigenvalue weighted by molar-refractivity contribution is -0.141. The van der Waals surface area contributed by atoms with Gasteiger partial charge in [0.25, 0.3) is 5.91 Å². The molecule has 0 unspecified atom stereocenters. The van der Waals surface area contributed by atoms with Crippen molar-refractivity contribution in [3.63, 3.8) is 0 Å². The Morgan fingerprint density at radius 2 is 2.08 bits per heavy atom. The van der Waals surface area contributed by atoms with Gasteiger partial charge in [-0.25, -0.2) is 4.98 Å². The lowest BCUT2D eigenvalue weighted by atomic mass is 10.2. The highest BCUT2D eigenvalue weighted by Gasteiger charge is 2.38. The van der Waals surface area contributed by atoms with Crippen molar-refractivity contribution in [3.05, 3.63) is 54.0 Å². The molecule has 3 aromatic rings. The number of primary amides is 1. The third-order valence-electron chi connectivity index (χ3n) is 3.58. The minimum atomic E-state index is -4.66. The van der Waals surface area contributed by atoms with Gasteiger partial charge in [-0.1, -0.05) is 6.07 Å². The summed E-state index contributed by atoms with van der Waals surface area (Å²) in [6.07, 6.45) is 0.884. The van der Waals surface area contributed by atoms with E-state index in [-0.39, 0.29) is 23.6 Å². The van der Waals surface area contributed by atoms with E-state index in [0.717, 1.165) is 0 Å². The Morgan fingerprint density at radius 3 is 2.64 bits per heavy atom. The largest absolute Gasteiger partial charge is 0.435 e. The van der Waals surface area contributed by atoms with E-state index in [4.69, 9.17) is 5.73 Å². The van der Waals surface area contributed by atoms with Crippen LogP contribution in [0.3, 0.4) is 0 Å². The van der Waals surface area contributed by atoms with E-state index < -0.39 is 17.8 Å². The molecule has 10 heteroatoms. The highest BCUT2D eigenvalue weighted by atomic mass is 19.4. The van der Waals surface area contributed by atoms with Crippen molar-refractivity contribution in [1.29, 1.82) is 0 Å². The van der Waals surface area contributed by atoms with Crippen LogP contribution >= 0.6 is 0 Å². The number of carbonyl (C=O) groups excluding carboxylic acids is 1. The Labute approximate surface area is 139 Å². The van der Waals surface area contributed by atoms with Crippen LogP contribution in [0, 0.1) is 0 Å². The number of hydrogen-bond acceptors (Lipinski definition) is 4. The number of carbonyl (C=O) groups is 1. The minimum absolute atomic E-state index is 0.0959. The normalized spacial score (nSPS) is 11.7. The second-order valence-electron chi connectivity index (χ2n) is 5.34. The number of hydrogen-bond donors (Lipinski definition) is 1. The van der Waals surface area contributed by atoms with E-state index >= 15 is 0 Å². The summed E-state index contributed by atoms with van der Waals surface area (Å²) in [5, 5.41) is 3.65. The van der Waals surface area contributed by atoms with E-state index in [1.165, 1.54) is 28.7 Å². The molecule has 3 heterocycles. The zero-order chi connectivity index (χ0) is 18.2. The molecule has 7 nitrogen and oxygen atoms in total. The number of rotatable bonds is 4. The van der Waals surface area contributed by atoms with Crippen molar-refractivity contribution in [2.75, 3.05) is 0 Å². The van der Waals surface area contributed by atoms with Gasteiger partial charge in [0.1, 0.15) is 0 Å². The predicted molar refractivity (Wildman–Crippen MR) is 81.3 cm³/mol. The van der Waals surface area contributed by atoms with Crippen LogP contribution in [-0.2, 0) is 19.8 Å². The number of halogens is 3. The third-order valence-corrected chi connectivity index (χ3v) is 3.58. The molecular weight excluding hydrogens is 337 g/mol. The van der Waals surface area contributed by atoms with Crippen LogP contribution in [0.25, 0.3) is 11.3 Å². The van der Waals surface area contributed by atoms with Gasteiger partial charge in [0.15, 0.2) is 11.5 Å². The van der Waals surface area contributed by atoms with Gasteiger partial charge in [-0.05, 0) is 11.6 Å². The first-order chi connectivity index (χ1) is 11.8. The molecule has 0 radical (unpaired) electrons. The Bertz CT molecular complexity index is 913. The summed E-state index contributed by atoms with van der Waals surface area (Å²) in [6, 6.07) is 3.42. The quantitative estimate of drug-likeness (QED) is 0.777. The monoisotopic (exact) mass is 350 g/mol. The van der Waals surface area contributed by atoms with Gasteiger partial charge >= 0.3 is 6.18 Å². The molecule has 0 saturated carbocycles. The molecule has 0 atom stereocenters. The molecule has 0 aliphatic heterocycles. The average Bonchev–Trinajstić information content (AvgIpc) is 3.11. The van der Waals surface area contributed by atoms with E-state index in [2.05, 4.69) is 15.1 Å². The SMILES string of the molecule is Cn1c(-c2cn(Cc3cccnc3)nc2C(F)(F)F)cnc1C(N)=O. The smallest absolute Gasteiger partial charge is 0.363 e. The molecule has 2 N–H and O–H groups in total. The van der Waals surface area contributed by atoms with Gasteiger partial charge in [0.05, 0.1) is 24.0 Å². The molecule has 0 aliphatic carbocycles. The van der Waals surface area contributed by atoms with E-state index in [9.17, 15) is 18.0 Å². The van der Waals surface area contributed by atoms with Crippen LogP contribution in [0.5, 0.6) is 0 Å². The third kappa shape index (κ3) is 3.23. The van der Waals surface area contributed by atoms with Gasteiger partial charge < -0.3 is 10.3 Å². The van der Waals surface area contributed by atoms with E-state index in [1.807, 2.05) is 0 Å². The zero-order valence-corrected chi connectivity index (χ0v) is 13.0. The molecule has 0 fully saturated rings. The Kier molecular flexibility index (Phi) is 4.03. The lowest BCUT2D eigenvalue weighted by Crippen LogP contribution is -2.17. The summed E-state index contributed by atoms with van der Waals surface area (Å²) >= 11 is 0. The molecule has 1 amide bonds. The van der Waals surface area contributed by atoms with Crippen molar-refractivity contribution in [2.45, 2.75) is 12.7 Å². The van der Waals surface area contributed by atoms with Crippen LogP contribution in [-0.4, -0.2) is 30.2 Å². The topological polar surface area (TPSA) is 91.6 Å². The first-order valence-electron chi connectivity index (χ1n) is 7.13. The van der Waals surface area contributed by atoms with Crippen molar-refractivity contribution in [3.8, 4) is 11.3 Å². The molecule has 3 aromatic heterocycles. The number of imidazole rings is 1. The number of alkyl halides is 3. The van der Waals surface area contributed by atoms with Crippen LogP contribution in [0.4, 0.5) is 13.2 Å². The Morgan fingerprint density at radius 1 is 1.32 bits per heavy atom. The van der Waals surface area contributed by atoms with Crippen molar-refractivity contribution in [2.24, 2.45) is 12.8 Å². The molecule has 25 heavy (non-hydrogen) atoms. The number of amides is 1. The fourth-order valence-corrected chi connectivity index (χ4v) is 2.47. The summed E-state index contributed by atoms with van der Waals surface area (Å²) in [4.78, 5) is 19.0. The number of pyridine rings is 1. The molecule has 130 valence electrons. The standard InChI is InChI=1S/C15H13F3N6O/c1-23-11(6-21-14(23)13(19)25)10-8-24(22-12(10)15(16,17)18)7-9-3-2-4-20-5-9/h2-6,8H,7H2,1H3,(H2,19,25). The van der Waals surface area contributed by atoms with Gasteiger partial charge in [-0.3, -0.25) is 14.5 Å². The fourth-order valence-electron chi connectivity index (χ4n) is 2.47. The Hall–Kier alpha value is -3.17. The molecule has 0 bridgehead atoms. The molecule has 0 spiro atoms. The van der Waals surface area contributed by atoms with Gasteiger partial charge in [-0.2, -0.15) is 18.3 Å². The predicted octanol–water partition coefficient (Wildman–Crippen LogP) is 1.84. The van der Waals surface area contributed by atoms with Crippen LogP contribution in [0.1, 0.15) is 21.9 Å². The maximum Gasteiger partial charge on any atom is 0.435 e. The van der Waals surface area contributed by atoms with Gasteiger partial charge in [-0.15, -0.1) is 0 Å². The minimum Gasteiger partial charge on any atom is -0.363 e. The van der Waals surface area contributed by atoms with Gasteiger partial charge in [0, 0.05) is 25.6 Å². The second-order valence-corrected chi connectivity index (χ2v) is 5.34. The maximum absolute atomic E-state index is 13.4.